The van der Waals surface area contributed by atoms with Crippen LogP contribution in [0.5, 0.6) is 5.75 Å². The molecular formula is C25H30ClN5OS. The molecule has 1 saturated heterocycles. The molecule has 1 N–H and O–H groups in total. The van der Waals surface area contributed by atoms with Crippen molar-refractivity contribution in [3.8, 4) is 11.4 Å². The summed E-state index contributed by atoms with van der Waals surface area (Å²) in [6.07, 6.45) is 1.83. The highest BCUT2D eigenvalue weighted by atomic mass is 35.5. The second kappa shape index (κ2) is 9.71. The molecule has 3 aromatic rings. The maximum atomic E-state index is 6.36. The summed E-state index contributed by atoms with van der Waals surface area (Å²) >= 11 is 12.2. The third-order valence-corrected chi connectivity index (χ3v) is 6.74. The molecule has 0 spiro atoms. The van der Waals surface area contributed by atoms with Crippen molar-refractivity contribution in [2.75, 3.05) is 34.3 Å². The molecule has 4 rings (SSSR count). The molecule has 6 nitrogen and oxygen atoms in total. The fourth-order valence-electron chi connectivity index (χ4n) is 4.59. The number of nitrogens with zero attached hydrogens (tertiary/aromatic N) is 4. The number of rotatable bonds is 7. The van der Waals surface area contributed by atoms with E-state index >= 15 is 0 Å². The summed E-state index contributed by atoms with van der Waals surface area (Å²) in [6.45, 7) is 5.96. The van der Waals surface area contributed by atoms with Crippen LogP contribution in [-0.2, 0) is 0 Å². The Bertz CT molecular complexity index is 1150. The first-order valence-corrected chi connectivity index (χ1v) is 11.8. The van der Waals surface area contributed by atoms with Gasteiger partial charge in [-0.1, -0.05) is 17.7 Å². The van der Waals surface area contributed by atoms with Crippen molar-refractivity contribution in [2.45, 2.75) is 25.9 Å². The van der Waals surface area contributed by atoms with Gasteiger partial charge in [0, 0.05) is 35.7 Å². The summed E-state index contributed by atoms with van der Waals surface area (Å²) in [5.74, 6) is 0.776. The Labute approximate surface area is 206 Å². The number of hydrogen-bond donors (Lipinski definition) is 1. The minimum Gasteiger partial charge on any atom is -0.495 e. The highest BCUT2D eigenvalue weighted by Gasteiger charge is 2.41. The second-order valence-corrected chi connectivity index (χ2v) is 9.42. The molecular weight excluding hydrogens is 454 g/mol. The zero-order valence-corrected chi connectivity index (χ0v) is 21.2. The summed E-state index contributed by atoms with van der Waals surface area (Å²) in [6, 6.07) is 13.9. The molecule has 0 radical (unpaired) electrons. The molecule has 1 fully saturated rings. The average Bonchev–Trinajstić information content (AvgIpc) is 3.27. The molecule has 0 saturated carbocycles. The van der Waals surface area contributed by atoms with Crippen molar-refractivity contribution >= 4 is 28.9 Å². The number of benzene rings is 1. The fraction of sp³-hybridized carbons (Fsp3) is 0.360. The van der Waals surface area contributed by atoms with Gasteiger partial charge in [-0.25, -0.2) is 0 Å². The summed E-state index contributed by atoms with van der Waals surface area (Å²) in [4.78, 5) is 9.12. The van der Waals surface area contributed by atoms with E-state index in [4.69, 9.17) is 28.6 Å². The normalized spacial score (nSPS) is 18.2. The Morgan fingerprint density at radius 2 is 1.97 bits per heavy atom. The topological polar surface area (TPSA) is 45.6 Å². The average molecular weight is 484 g/mol. The minimum atomic E-state index is -0.0453. The number of methoxy groups -OCH3 is 1. The van der Waals surface area contributed by atoms with Crippen molar-refractivity contribution in [1.29, 1.82) is 0 Å². The van der Waals surface area contributed by atoms with E-state index in [1.54, 1.807) is 7.11 Å². The Kier molecular flexibility index (Phi) is 6.93. The molecule has 0 unspecified atom stereocenters. The number of halogens is 1. The molecule has 0 bridgehead atoms. The third-order valence-electron chi connectivity index (χ3n) is 6.16. The smallest absolute Gasteiger partial charge is 0.170 e. The lowest BCUT2D eigenvalue weighted by molar-refractivity contribution is 0.277. The van der Waals surface area contributed by atoms with E-state index in [0.717, 1.165) is 46.7 Å². The fourth-order valence-corrected chi connectivity index (χ4v) is 5.09. The lowest BCUT2D eigenvalue weighted by Crippen LogP contribution is -2.35. The standard InChI is InChI=1S/C25H30ClN5OS/c1-16-14-19(17(2)31(16)21-15-18(26)9-10-22(21)32-5)24-23(20-8-6-7-11-27-20)28-25(33)30(24)13-12-29(3)4/h6-11,14-15,23-24H,12-13H2,1-5H3,(H,28,33)/t23-,24+/m0/s1. The van der Waals surface area contributed by atoms with Gasteiger partial charge in [0.2, 0.25) is 0 Å². The first-order valence-electron chi connectivity index (χ1n) is 11.0. The highest BCUT2D eigenvalue weighted by Crippen LogP contribution is 2.42. The predicted octanol–water partition coefficient (Wildman–Crippen LogP) is 4.69. The van der Waals surface area contributed by atoms with Crippen LogP contribution in [0.25, 0.3) is 5.69 Å². The molecule has 1 aromatic carbocycles. The SMILES string of the molecule is COc1ccc(Cl)cc1-n1c(C)cc([C@@H]2[C@H](c3ccccn3)NC(=S)N2CCN(C)C)c1C. The highest BCUT2D eigenvalue weighted by molar-refractivity contribution is 7.80. The minimum absolute atomic E-state index is 0.0116. The molecule has 1 aliphatic rings. The Hall–Kier alpha value is -2.61. The van der Waals surface area contributed by atoms with Crippen molar-refractivity contribution in [2.24, 2.45) is 0 Å². The van der Waals surface area contributed by atoms with Gasteiger partial charge in [-0.05, 0) is 82.1 Å². The number of likely N-dealkylation sites (N-methyl/N-ethyl adjacent to an activating group) is 1. The van der Waals surface area contributed by atoms with E-state index < -0.39 is 0 Å². The van der Waals surface area contributed by atoms with Crippen molar-refractivity contribution in [3.63, 3.8) is 0 Å². The van der Waals surface area contributed by atoms with Crippen LogP contribution in [0.1, 0.15) is 34.7 Å². The van der Waals surface area contributed by atoms with Gasteiger partial charge < -0.3 is 24.4 Å². The number of thiocarbonyl (C=S) groups is 1. The van der Waals surface area contributed by atoms with Crippen LogP contribution >= 0.6 is 23.8 Å². The van der Waals surface area contributed by atoms with Gasteiger partial charge in [0.15, 0.2) is 5.11 Å². The molecule has 2 aromatic heterocycles. The lowest BCUT2D eigenvalue weighted by Gasteiger charge is -2.29. The van der Waals surface area contributed by atoms with Gasteiger partial charge in [-0.2, -0.15) is 0 Å². The summed E-state index contributed by atoms with van der Waals surface area (Å²) in [7, 11) is 5.84. The number of aryl methyl sites for hydroxylation is 1. The molecule has 2 atom stereocenters. The zero-order chi connectivity index (χ0) is 23.7. The summed E-state index contributed by atoms with van der Waals surface area (Å²) < 4.78 is 7.86. The van der Waals surface area contributed by atoms with Gasteiger partial charge in [0.05, 0.1) is 30.6 Å². The molecule has 0 aliphatic carbocycles. The molecule has 8 heteroatoms. The molecule has 33 heavy (non-hydrogen) atoms. The monoisotopic (exact) mass is 483 g/mol. The largest absolute Gasteiger partial charge is 0.495 e. The maximum Gasteiger partial charge on any atom is 0.170 e. The van der Waals surface area contributed by atoms with Crippen LogP contribution in [0, 0.1) is 13.8 Å². The van der Waals surface area contributed by atoms with Crippen LogP contribution in [-0.4, -0.2) is 58.8 Å². The zero-order valence-electron chi connectivity index (χ0n) is 19.7. The Morgan fingerprint density at radius 1 is 1.18 bits per heavy atom. The third kappa shape index (κ3) is 4.58. The quantitative estimate of drug-likeness (QED) is 0.492. The predicted molar refractivity (Wildman–Crippen MR) is 138 cm³/mol. The Morgan fingerprint density at radius 3 is 2.64 bits per heavy atom. The number of hydrogen-bond acceptors (Lipinski definition) is 4. The summed E-state index contributed by atoms with van der Waals surface area (Å²) in [5, 5.41) is 4.96. The van der Waals surface area contributed by atoms with E-state index in [1.807, 2.05) is 36.5 Å². The van der Waals surface area contributed by atoms with Crippen molar-refractivity contribution in [1.82, 2.24) is 24.7 Å². The lowest BCUT2D eigenvalue weighted by atomic mass is 9.96. The number of ether oxygens (including phenoxy) is 1. The van der Waals surface area contributed by atoms with Crippen molar-refractivity contribution in [3.05, 3.63) is 76.3 Å². The van der Waals surface area contributed by atoms with E-state index in [0.29, 0.717) is 5.02 Å². The maximum absolute atomic E-state index is 6.36. The van der Waals surface area contributed by atoms with Crippen LogP contribution in [0.2, 0.25) is 5.02 Å². The molecule has 3 heterocycles. The van der Waals surface area contributed by atoms with E-state index in [9.17, 15) is 0 Å². The van der Waals surface area contributed by atoms with Crippen molar-refractivity contribution < 1.29 is 4.74 Å². The number of aromatic nitrogens is 2. The Balaban J connectivity index is 1.84. The molecule has 0 amide bonds. The number of pyridine rings is 1. The van der Waals surface area contributed by atoms with Crippen LogP contribution in [0.4, 0.5) is 0 Å². The van der Waals surface area contributed by atoms with Gasteiger partial charge in [0.1, 0.15) is 5.75 Å². The molecule has 1 aliphatic heterocycles. The number of nitrogens with one attached hydrogen (secondary N) is 1. The first kappa shape index (κ1) is 23.5. The second-order valence-electron chi connectivity index (χ2n) is 8.60. The van der Waals surface area contributed by atoms with E-state index in [-0.39, 0.29) is 12.1 Å². The van der Waals surface area contributed by atoms with Crippen LogP contribution in [0.3, 0.4) is 0 Å². The van der Waals surface area contributed by atoms with Gasteiger partial charge in [-0.15, -0.1) is 0 Å². The van der Waals surface area contributed by atoms with Crippen LogP contribution in [0.15, 0.2) is 48.7 Å². The summed E-state index contributed by atoms with van der Waals surface area (Å²) in [5.41, 5.74) is 5.33. The van der Waals surface area contributed by atoms with E-state index in [1.165, 1.54) is 5.56 Å². The van der Waals surface area contributed by atoms with Gasteiger partial charge in [0.25, 0.3) is 0 Å². The van der Waals surface area contributed by atoms with Crippen LogP contribution < -0.4 is 10.1 Å². The first-order chi connectivity index (χ1) is 15.8. The molecule has 174 valence electrons. The van der Waals surface area contributed by atoms with E-state index in [2.05, 4.69) is 64.7 Å². The van der Waals surface area contributed by atoms with Gasteiger partial charge >= 0.3 is 0 Å². The van der Waals surface area contributed by atoms with Gasteiger partial charge in [-0.3, -0.25) is 4.98 Å².